The summed E-state index contributed by atoms with van der Waals surface area (Å²) in [6, 6.07) is 7.08. The summed E-state index contributed by atoms with van der Waals surface area (Å²) in [6.45, 7) is 7.09. The molecule has 0 saturated heterocycles. The van der Waals surface area contributed by atoms with Crippen molar-refractivity contribution in [1.29, 1.82) is 0 Å². The molecule has 1 aromatic carbocycles. The first kappa shape index (κ1) is 18.1. The third kappa shape index (κ3) is 6.59. The van der Waals surface area contributed by atoms with Crippen molar-refractivity contribution in [1.82, 2.24) is 10.0 Å². The molecule has 0 aliphatic rings. The second-order valence-corrected chi connectivity index (χ2v) is 7.71. The standard InChI is InChI=1S/C16H28N2O2S/c1-13(2)5-6-14(3)18-21(19,20)16-9-7-15(8-10-16)11-12-17-4/h7-10,13-14,17-18H,5-6,11-12H2,1-4H3. The summed E-state index contributed by atoms with van der Waals surface area (Å²) in [7, 11) is -1.51. The maximum absolute atomic E-state index is 12.3. The van der Waals surface area contributed by atoms with E-state index in [0.29, 0.717) is 10.8 Å². The molecule has 1 aromatic rings. The van der Waals surface area contributed by atoms with Gasteiger partial charge in [-0.1, -0.05) is 26.0 Å². The minimum atomic E-state index is -3.41. The van der Waals surface area contributed by atoms with E-state index in [1.807, 2.05) is 26.1 Å². The van der Waals surface area contributed by atoms with Gasteiger partial charge in [0.15, 0.2) is 0 Å². The highest BCUT2D eigenvalue weighted by Crippen LogP contribution is 2.13. The maximum Gasteiger partial charge on any atom is 0.240 e. The SMILES string of the molecule is CNCCc1ccc(S(=O)(=O)NC(C)CCC(C)C)cc1. The lowest BCUT2D eigenvalue weighted by molar-refractivity contribution is 0.485. The molecule has 0 heterocycles. The molecule has 0 saturated carbocycles. The Morgan fingerprint density at radius 2 is 1.67 bits per heavy atom. The van der Waals surface area contributed by atoms with Crippen LogP contribution >= 0.6 is 0 Å². The van der Waals surface area contributed by atoms with Crippen molar-refractivity contribution in [3.8, 4) is 0 Å². The van der Waals surface area contributed by atoms with Gasteiger partial charge in [-0.2, -0.15) is 0 Å². The molecule has 1 atom stereocenters. The molecule has 5 heteroatoms. The zero-order chi connectivity index (χ0) is 15.9. The Balaban J connectivity index is 2.65. The molecule has 0 aliphatic carbocycles. The van der Waals surface area contributed by atoms with Gasteiger partial charge in [0.1, 0.15) is 0 Å². The van der Waals surface area contributed by atoms with Gasteiger partial charge in [0, 0.05) is 6.04 Å². The summed E-state index contributed by atoms with van der Waals surface area (Å²) < 4.78 is 27.3. The topological polar surface area (TPSA) is 58.2 Å². The molecule has 1 unspecified atom stereocenters. The summed E-state index contributed by atoms with van der Waals surface area (Å²) in [6.07, 6.45) is 2.78. The van der Waals surface area contributed by atoms with Crippen molar-refractivity contribution in [2.45, 2.75) is 51.0 Å². The summed E-state index contributed by atoms with van der Waals surface area (Å²) in [5, 5.41) is 3.08. The minimum absolute atomic E-state index is 0.0404. The van der Waals surface area contributed by atoms with Crippen molar-refractivity contribution in [3.63, 3.8) is 0 Å². The van der Waals surface area contributed by atoms with Crippen molar-refractivity contribution in [2.24, 2.45) is 5.92 Å². The highest BCUT2D eigenvalue weighted by molar-refractivity contribution is 7.89. The Bertz CT molecular complexity index is 510. The molecule has 0 bridgehead atoms. The van der Waals surface area contributed by atoms with Crippen LogP contribution in [0.25, 0.3) is 0 Å². The summed E-state index contributed by atoms with van der Waals surface area (Å²) in [5.41, 5.74) is 1.14. The lowest BCUT2D eigenvalue weighted by Gasteiger charge is -2.15. The third-order valence-electron chi connectivity index (χ3n) is 3.43. The molecule has 21 heavy (non-hydrogen) atoms. The zero-order valence-electron chi connectivity index (χ0n) is 13.5. The van der Waals surface area contributed by atoms with E-state index in [2.05, 4.69) is 23.9 Å². The fourth-order valence-electron chi connectivity index (χ4n) is 2.08. The van der Waals surface area contributed by atoms with E-state index >= 15 is 0 Å². The fourth-order valence-corrected chi connectivity index (χ4v) is 3.36. The van der Waals surface area contributed by atoms with Crippen molar-refractivity contribution < 1.29 is 8.42 Å². The molecule has 4 nitrogen and oxygen atoms in total. The van der Waals surface area contributed by atoms with Crippen LogP contribution in [0.3, 0.4) is 0 Å². The molecule has 0 amide bonds. The molecule has 0 spiro atoms. The molecule has 0 radical (unpaired) electrons. The van der Waals surface area contributed by atoms with Crippen molar-refractivity contribution >= 4 is 10.0 Å². The largest absolute Gasteiger partial charge is 0.319 e. The van der Waals surface area contributed by atoms with Gasteiger partial charge < -0.3 is 5.32 Å². The fraction of sp³-hybridized carbons (Fsp3) is 0.625. The molecule has 2 N–H and O–H groups in total. The number of likely N-dealkylation sites (N-methyl/N-ethyl adjacent to an activating group) is 1. The van der Waals surface area contributed by atoms with Crippen LogP contribution in [0.15, 0.2) is 29.2 Å². The number of benzene rings is 1. The quantitative estimate of drug-likeness (QED) is 0.737. The Kier molecular flexibility index (Phi) is 7.35. The van der Waals surface area contributed by atoms with Gasteiger partial charge in [0.05, 0.1) is 4.90 Å². The van der Waals surface area contributed by atoms with E-state index in [1.54, 1.807) is 12.1 Å². The van der Waals surface area contributed by atoms with Gasteiger partial charge >= 0.3 is 0 Å². The predicted molar refractivity (Wildman–Crippen MR) is 87.9 cm³/mol. The van der Waals surface area contributed by atoms with Gasteiger partial charge in [0.2, 0.25) is 10.0 Å². The number of nitrogens with one attached hydrogen (secondary N) is 2. The van der Waals surface area contributed by atoms with E-state index in [1.165, 1.54) is 0 Å². The first-order valence-corrected chi connectivity index (χ1v) is 9.09. The Labute approximate surface area is 129 Å². The van der Waals surface area contributed by atoms with Gasteiger partial charge in [-0.3, -0.25) is 0 Å². The lowest BCUT2D eigenvalue weighted by Crippen LogP contribution is -2.32. The van der Waals surface area contributed by atoms with Gasteiger partial charge in [-0.15, -0.1) is 0 Å². The first-order chi connectivity index (χ1) is 9.85. The van der Waals surface area contributed by atoms with E-state index in [0.717, 1.165) is 31.4 Å². The second kappa shape index (κ2) is 8.51. The molecule has 120 valence electrons. The van der Waals surface area contributed by atoms with Crippen LogP contribution in [-0.4, -0.2) is 28.1 Å². The average Bonchev–Trinajstić information content (AvgIpc) is 2.43. The van der Waals surface area contributed by atoms with Crippen LogP contribution < -0.4 is 10.0 Å². The van der Waals surface area contributed by atoms with Crippen LogP contribution in [0.5, 0.6) is 0 Å². The average molecular weight is 312 g/mol. The van der Waals surface area contributed by atoms with E-state index in [4.69, 9.17) is 0 Å². The Morgan fingerprint density at radius 1 is 1.05 bits per heavy atom. The summed E-state index contributed by atoms with van der Waals surface area (Å²) >= 11 is 0. The van der Waals surface area contributed by atoms with Crippen LogP contribution in [0, 0.1) is 5.92 Å². The Hall–Kier alpha value is -0.910. The normalized spacial score (nSPS) is 13.6. The molecule has 0 fully saturated rings. The monoisotopic (exact) mass is 312 g/mol. The third-order valence-corrected chi connectivity index (χ3v) is 5.04. The molecule has 0 aromatic heterocycles. The lowest BCUT2D eigenvalue weighted by atomic mass is 10.1. The maximum atomic E-state index is 12.3. The van der Waals surface area contributed by atoms with Gasteiger partial charge in [-0.05, 0) is 63.4 Å². The highest BCUT2D eigenvalue weighted by Gasteiger charge is 2.17. The highest BCUT2D eigenvalue weighted by atomic mass is 32.2. The van der Waals surface area contributed by atoms with Gasteiger partial charge in [0.25, 0.3) is 0 Å². The molecular formula is C16H28N2O2S. The minimum Gasteiger partial charge on any atom is -0.319 e. The smallest absolute Gasteiger partial charge is 0.240 e. The second-order valence-electron chi connectivity index (χ2n) is 5.99. The molecule has 0 aliphatic heterocycles. The van der Waals surface area contributed by atoms with E-state index < -0.39 is 10.0 Å². The van der Waals surface area contributed by atoms with Crippen LogP contribution in [-0.2, 0) is 16.4 Å². The first-order valence-electron chi connectivity index (χ1n) is 7.61. The number of rotatable bonds is 9. The molecular weight excluding hydrogens is 284 g/mol. The summed E-state index contributed by atoms with van der Waals surface area (Å²) in [5.74, 6) is 0.586. The van der Waals surface area contributed by atoms with Crippen LogP contribution in [0.4, 0.5) is 0 Å². The number of hydrogen-bond acceptors (Lipinski definition) is 3. The zero-order valence-corrected chi connectivity index (χ0v) is 14.3. The summed E-state index contributed by atoms with van der Waals surface area (Å²) in [4.78, 5) is 0.340. The van der Waals surface area contributed by atoms with E-state index in [-0.39, 0.29) is 6.04 Å². The van der Waals surface area contributed by atoms with Crippen molar-refractivity contribution in [3.05, 3.63) is 29.8 Å². The predicted octanol–water partition coefficient (Wildman–Crippen LogP) is 2.55. The van der Waals surface area contributed by atoms with Crippen LogP contribution in [0.1, 0.15) is 39.2 Å². The Morgan fingerprint density at radius 3 is 2.19 bits per heavy atom. The van der Waals surface area contributed by atoms with Gasteiger partial charge in [-0.25, -0.2) is 13.1 Å². The number of sulfonamides is 1. The molecule has 1 rings (SSSR count). The van der Waals surface area contributed by atoms with E-state index in [9.17, 15) is 8.42 Å². The van der Waals surface area contributed by atoms with Crippen molar-refractivity contribution in [2.75, 3.05) is 13.6 Å². The number of hydrogen-bond donors (Lipinski definition) is 2. The van der Waals surface area contributed by atoms with Crippen LogP contribution in [0.2, 0.25) is 0 Å².